The number of para-hydroxylation sites is 2. The lowest BCUT2D eigenvalue weighted by molar-refractivity contribution is 0.329. The van der Waals surface area contributed by atoms with Crippen molar-refractivity contribution in [2.45, 2.75) is 44.3 Å². The molecule has 128 valence electrons. The number of hydrogen-bond acceptors (Lipinski definition) is 5. The number of nitrogens with two attached hydrogens (primary N) is 1. The molecule has 3 aromatic rings. The number of benzene rings is 1. The van der Waals surface area contributed by atoms with Crippen molar-refractivity contribution >= 4 is 22.9 Å². The Balaban J connectivity index is 1.57. The van der Waals surface area contributed by atoms with Crippen molar-refractivity contribution in [2.75, 3.05) is 5.32 Å². The van der Waals surface area contributed by atoms with Gasteiger partial charge in [-0.1, -0.05) is 31.4 Å². The van der Waals surface area contributed by atoms with Crippen LogP contribution in [0.1, 0.15) is 49.9 Å². The molecule has 7 heteroatoms. The number of nitrogens with one attached hydrogen (secondary N) is 1. The van der Waals surface area contributed by atoms with Gasteiger partial charge in [-0.2, -0.15) is 5.10 Å². The summed E-state index contributed by atoms with van der Waals surface area (Å²) in [4.78, 5) is 9.27. The van der Waals surface area contributed by atoms with Crippen molar-refractivity contribution < 1.29 is 0 Å². The van der Waals surface area contributed by atoms with E-state index in [2.05, 4.69) is 41.9 Å². The molecule has 1 aliphatic carbocycles. The lowest BCUT2D eigenvalue weighted by atomic mass is 9.96. The molecule has 1 unspecified atom stereocenters. The van der Waals surface area contributed by atoms with Crippen molar-refractivity contribution in [2.24, 2.45) is 10.7 Å². The van der Waals surface area contributed by atoms with Crippen LogP contribution in [-0.4, -0.2) is 25.3 Å². The first-order chi connectivity index (χ1) is 12.3. The van der Waals surface area contributed by atoms with Crippen LogP contribution in [0.4, 0.5) is 5.95 Å². The molecule has 3 N–H and O–H groups in total. The molecule has 2 aliphatic rings. The minimum atomic E-state index is -0.235. The summed E-state index contributed by atoms with van der Waals surface area (Å²) in [5, 5.41) is 7.70. The molecular formula is C18H21N7. The average Bonchev–Trinajstić information content (AvgIpc) is 3.26. The van der Waals surface area contributed by atoms with Gasteiger partial charge in [0.25, 0.3) is 0 Å². The van der Waals surface area contributed by atoms with Crippen LogP contribution in [0, 0.1) is 0 Å². The van der Waals surface area contributed by atoms with Crippen molar-refractivity contribution in [3.63, 3.8) is 0 Å². The van der Waals surface area contributed by atoms with Crippen molar-refractivity contribution in [3.8, 4) is 0 Å². The number of fused-ring (bicyclic) bond motifs is 3. The number of aliphatic imine (C=N–C) groups is 1. The molecule has 5 rings (SSSR count). The summed E-state index contributed by atoms with van der Waals surface area (Å²) in [6.07, 6.45) is 10.1. The summed E-state index contributed by atoms with van der Waals surface area (Å²) in [6.45, 7) is 0. The fourth-order valence-corrected chi connectivity index (χ4v) is 3.97. The molecule has 1 aromatic carbocycles. The van der Waals surface area contributed by atoms with Crippen LogP contribution in [0.25, 0.3) is 11.0 Å². The molecule has 1 aliphatic heterocycles. The zero-order valence-electron chi connectivity index (χ0n) is 14.0. The molecule has 0 spiro atoms. The maximum absolute atomic E-state index is 6.01. The van der Waals surface area contributed by atoms with E-state index in [-0.39, 0.29) is 6.17 Å². The molecular weight excluding hydrogens is 314 g/mol. The van der Waals surface area contributed by atoms with Crippen molar-refractivity contribution in [1.82, 2.24) is 19.3 Å². The second kappa shape index (κ2) is 5.61. The highest BCUT2D eigenvalue weighted by Crippen LogP contribution is 2.33. The molecule has 3 heterocycles. The summed E-state index contributed by atoms with van der Waals surface area (Å²) in [7, 11) is 0. The van der Waals surface area contributed by atoms with Crippen LogP contribution >= 0.6 is 0 Å². The first kappa shape index (κ1) is 14.5. The normalized spacial score (nSPS) is 21.0. The van der Waals surface area contributed by atoms with Crippen LogP contribution < -0.4 is 11.1 Å². The molecule has 25 heavy (non-hydrogen) atoms. The summed E-state index contributed by atoms with van der Waals surface area (Å²) in [6, 6.07) is 8.57. The van der Waals surface area contributed by atoms with Gasteiger partial charge in [0.05, 0.1) is 23.3 Å². The fourth-order valence-electron chi connectivity index (χ4n) is 3.97. The highest BCUT2D eigenvalue weighted by molar-refractivity contribution is 5.94. The molecule has 0 bridgehead atoms. The Morgan fingerprint density at radius 2 is 1.96 bits per heavy atom. The van der Waals surface area contributed by atoms with Gasteiger partial charge in [-0.15, -0.1) is 0 Å². The van der Waals surface area contributed by atoms with E-state index in [0.29, 0.717) is 12.0 Å². The highest BCUT2D eigenvalue weighted by Gasteiger charge is 2.27. The van der Waals surface area contributed by atoms with Crippen LogP contribution in [0.2, 0.25) is 0 Å². The summed E-state index contributed by atoms with van der Waals surface area (Å²) in [5.41, 5.74) is 9.02. The summed E-state index contributed by atoms with van der Waals surface area (Å²) >= 11 is 0. The van der Waals surface area contributed by atoms with Gasteiger partial charge in [0, 0.05) is 11.8 Å². The molecule has 2 aromatic heterocycles. The number of nitrogens with zero attached hydrogens (tertiary/aromatic N) is 5. The van der Waals surface area contributed by atoms with Gasteiger partial charge in [0.1, 0.15) is 0 Å². The molecule has 0 amide bonds. The predicted molar refractivity (Wildman–Crippen MR) is 97.5 cm³/mol. The molecule has 0 saturated heterocycles. The Kier molecular flexibility index (Phi) is 3.26. The molecule has 1 saturated carbocycles. The second-order valence-corrected chi connectivity index (χ2v) is 6.85. The van der Waals surface area contributed by atoms with Crippen LogP contribution in [-0.2, 0) is 0 Å². The number of guanidine groups is 1. The molecule has 0 radical (unpaired) electrons. The van der Waals surface area contributed by atoms with Crippen LogP contribution in [0.5, 0.6) is 0 Å². The maximum atomic E-state index is 6.01. The Bertz CT molecular complexity index is 945. The van der Waals surface area contributed by atoms with Gasteiger partial charge >= 0.3 is 0 Å². The van der Waals surface area contributed by atoms with Crippen LogP contribution in [0.3, 0.4) is 0 Å². The van der Waals surface area contributed by atoms with Gasteiger partial charge in [-0.25, -0.2) is 9.98 Å². The number of hydrogen-bond donors (Lipinski definition) is 2. The highest BCUT2D eigenvalue weighted by atomic mass is 15.4. The average molecular weight is 335 g/mol. The number of imidazole rings is 1. The minimum Gasteiger partial charge on any atom is -0.370 e. The largest absolute Gasteiger partial charge is 0.370 e. The molecule has 7 nitrogen and oxygen atoms in total. The Morgan fingerprint density at radius 3 is 2.84 bits per heavy atom. The first-order valence-corrected chi connectivity index (χ1v) is 8.91. The van der Waals surface area contributed by atoms with E-state index < -0.39 is 0 Å². The SMILES string of the molecule is NC1=NC(c2cnn(C3CCCCC3)c2)n2c(nc3ccccc32)N1. The smallest absolute Gasteiger partial charge is 0.212 e. The molecule has 1 fully saturated rings. The maximum Gasteiger partial charge on any atom is 0.212 e. The van der Waals surface area contributed by atoms with E-state index in [4.69, 9.17) is 5.73 Å². The zero-order valence-corrected chi connectivity index (χ0v) is 14.0. The monoisotopic (exact) mass is 335 g/mol. The second-order valence-electron chi connectivity index (χ2n) is 6.85. The van der Waals surface area contributed by atoms with E-state index in [1.807, 2.05) is 24.4 Å². The van der Waals surface area contributed by atoms with Gasteiger partial charge < -0.3 is 5.73 Å². The van der Waals surface area contributed by atoms with Crippen molar-refractivity contribution in [3.05, 3.63) is 42.2 Å². The van der Waals surface area contributed by atoms with E-state index in [0.717, 1.165) is 22.5 Å². The lowest BCUT2D eigenvalue weighted by Crippen LogP contribution is -2.31. The summed E-state index contributed by atoms with van der Waals surface area (Å²) in [5.74, 6) is 1.11. The van der Waals surface area contributed by atoms with Crippen LogP contribution in [0.15, 0.2) is 41.7 Å². The third kappa shape index (κ3) is 2.38. The van der Waals surface area contributed by atoms with E-state index in [1.165, 1.54) is 32.1 Å². The van der Waals surface area contributed by atoms with Crippen molar-refractivity contribution in [1.29, 1.82) is 0 Å². The number of aromatic nitrogens is 4. The van der Waals surface area contributed by atoms with Gasteiger partial charge in [0.15, 0.2) is 12.1 Å². The fraction of sp³-hybridized carbons (Fsp3) is 0.389. The van der Waals surface area contributed by atoms with E-state index >= 15 is 0 Å². The van der Waals surface area contributed by atoms with Gasteiger partial charge in [-0.05, 0) is 25.0 Å². The first-order valence-electron chi connectivity index (χ1n) is 8.91. The van der Waals surface area contributed by atoms with E-state index in [1.54, 1.807) is 0 Å². The predicted octanol–water partition coefficient (Wildman–Crippen LogP) is 3.03. The third-order valence-corrected chi connectivity index (χ3v) is 5.21. The molecule has 1 atom stereocenters. The Labute approximate surface area is 145 Å². The van der Waals surface area contributed by atoms with E-state index in [9.17, 15) is 0 Å². The van der Waals surface area contributed by atoms with Gasteiger partial charge in [-0.3, -0.25) is 14.6 Å². The van der Waals surface area contributed by atoms with Gasteiger partial charge in [0.2, 0.25) is 5.95 Å². The lowest BCUT2D eigenvalue weighted by Gasteiger charge is -2.23. The quantitative estimate of drug-likeness (QED) is 0.754. The topological polar surface area (TPSA) is 86.0 Å². The summed E-state index contributed by atoms with van der Waals surface area (Å²) < 4.78 is 4.20. The standard InChI is InChI=1S/C18H21N7/c19-17-22-16(12-10-20-24(11-12)13-6-2-1-3-7-13)25-15-9-5-4-8-14(15)21-18(25)23-17/h4-5,8-11,13,16H,1-3,6-7H2,(H3,19,21,22,23). The zero-order chi connectivity index (χ0) is 16.8. The Morgan fingerprint density at radius 1 is 1.12 bits per heavy atom. The number of anilines is 1. The minimum absolute atomic E-state index is 0.235. The Hall–Kier alpha value is -2.83. The third-order valence-electron chi connectivity index (χ3n) is 5.21. The number of rotatable bonds is 2.